The highest BCUT2D eigenvalue weighted by Gasteiger charge is 2.71. The maximum absolute atomic E-state index is 12.8. The number of aliphatic hydroxyl groups is 1. The van der Waals surface area contributed by atoms with Crippen LogP contribution in [0, 0.1) is 34.5 Å². The number of allylic oxidation sites excluding steroid dienone is 1. The maximum atomic E-state index is 12.8. The molecule has 0 heterocycles. The molecule has 30 heavy (non-hydrogen) atoms. The second-order valence-electron chi connectivity index (χ2n) is 11.2. The Labute approximate surface area is 181 Å². The zero-order valence-electron chi connectivity index (χ0n) is 19.5. The van der Waals surface area contributed by atoms with Crippen LogP contribution in [0.15, 0.2) is 11.6 Å². The molecule has 4 aliphatic carbocycles. The Kier molecular flexibility index (Phi) is 5.48. The minimum Gasteiger partial charge on any atom is -0.458 e. The Hall–Kier alpha value is -1.16. The molecule has 4 fully saturated rings. The van der Waals surface area contributed by atoms with Gasteiger partial charge in [-0.3, -0.25) is 4.79 Å². The van der Waals surface area contributed by atoms with E-state index in [9.17, 15) is 14.7 Å². The highest BCUT2D eigenvalue weighted by molar-refractivity contribution is 5.88. The molecular formula is C26H40O4. The first-order chi connectivity index (χ1) is 14.1. The van der Waals surface area contributed by atoms with Crippen molar-refractivity contribution >= 4 is 11.8 Å². The number of esters is 1. The number of Topliss-reactive ketones (excluding diaryl/α,β-unsaturated/α-hetero) is 1. The summed E-state index contributed by atoms with van der Waals surface area (Å²) in [6, 6.07) is 0. The number of carbonyl (C=O) groups is 2. The van der Waals surface area contributed by atoms with Gasteiger partial charge in [0.25, 0.3) is 0 Å². The van der Waals surface area contributed by atoms with Gasteiger partial charge in [-0.15, -0.1) is 0 Å². The fraction of sp³-hybridized carbons (Fsp3) is 0.846. The third-order valence-corrected chi connectivity index (χ3v) is 10.3. The van der Waals surface area contributed by atoms with Gasteiger partial charge >= 0.3 is 5.97 Å². The molecule has 4 aliphatic rings. The molecule has 8 unspecified atom stereocenters. The Bertz CT molecular complexity index is 756. The van der Waals surface area contributed by atoms with E-state index in [1.165, 1.54) is 32.1 Å². The predicted molar refractivity (Wildman–Crippen MR) is 117 cm³/mol. The molecule has 0 spiro atoms. The molecule has 0 bridgehead atoms. The van der Waals surface area contributed by atoms with E-state index in [1.807, 2.05) is 13.8 Å². The standard InChI is InChI=1S/C26H40O4/c1-6-16(2)23(28)30-22-15-21-20(11-10-18-9-7-8-13-24(18,21)4)26(29)14-12-19(17(3)27)25(22,26)5/h6,18-22,29H,7-15H2,1-5H3/b16-6+. The summed E-state index contributed by atoms with van der Waals surface area (Å²) in [6.07, 6.45) is 10.8. The van der Waals surface area contributed by atoms with Crippen molar-refractivity contribution in [3.05, 3.63) is 11.6 Å². The van der Waals surface area contributed by atoms with Crippen molar-refractivity contribution in [1.82, 2.24) is 0 Å². The number of carbonyl (C=O) groups excluding carboxylic acids is 2. The number of rotatable bonds is 3. The van der Waals surface area contributed by atoms with E-state index in [4.69, 9.17) is 4.74 Å². The molecule has 0 radical (unpaired) electrons. The zero-order chi connectivity index (χ0) is 21.9. The van der Waals surface area contributed by atoms with Crippen molar-refractivity contribution in [3.63, 3.8) is 0 Å². The Balaban J connectivity index is 1.77. The summed E-state index contributed by atoms with van der Waals surface area (Å²) in [4.78, 5) is 25.5. The first-order valence-corrected chi connectivity index (χ1v) is 12.2. The van der Waals surface area contributed by atoms with Gasteiger partial charge in [-0.25, -0.2) is 4.79 Å². The summed E-state index contributed by atoms with van der Waals surface area (Å²) < 4.78 is 6.16. The molecule has 0 aliphatic heterocycles. The molecule has 1 N–H and O–H groups in total. The lowest BCUT2D eigenvalue weighted by Gasteiger charge is -2.64. The van der Waals surface area contributed by atoms with E-state index >= 15 is 0 Å². The van der Waals surface area contributed by atoms with Gasteiger partial charge in [-0.05, 0) is 88.9 Å². The van der Waals surface area contributed by atoms with E-state index in [0.29, 0.717) is 30.3 Å². The highest BCUT2D eigenvalue weighted by atomic mass is 16.5. The Morgan fingerprint density at radius 1 is 1.00 bits per heavy atom. The Morgan fingerprint density at radius 2 is 1.73 bits per heavy atom. The maximum Gasteiger partial charge on any atom is 0.333 e. The number of ether oxygens (including phenoxy) is 1. The lowest BCUT2D eigenvalue weighted by atomic mass is 9.42. The van der Waals surface area contributed by atoms with Gasteiger partial charge in [0, 0.05) is 16.9 Å². The fourth-order valence-electron chi connectivity index (χ4n) is 8.37. The molecule has 4 heteroatoms. The van der Waals surface area contributed by atoms with Crippen LogP contribution in [-0.2, 0) is 14.3 Å². The number of ketones is 1. The third-order valence-electron chi connectivity index (χ3n) is 10.3. The van der Waals surface area contributed by atoms with Gasteiger partial charge in [0.2, 0.25) is 0 Å². The summed E-state index contributed by atoms with van der Waals surface area (Å²) in [5, 5.41) is 12.3. The van der Waals surface area contributed by atoms with Crippen molar-refractivity contribution in [1.29, 1.82) is 0 Å². The molecule has 0 aromatic carbocycles. The topological polar surface area (TPSA) is 63.6 Å². The minimum absolute atomic E-state index is 0.119. The largest absolute Gasteiger partial charge is 0.458 e. The second-order valence-corrected chi connectivity index (χ2v) is 11.2. The van der Waals surface area contributed by atoms with Crippen LogP contribution in [0.5, 0.6) is 0 Å². The molecule has 4 rings (SSSR count). The van der Waals surface area contributed by atoms with Crippen LogP contribution >= 0.6 is 0 Å². The van der Waals surface area contributed by atoms with E-state index in [0.717, 1.165) is 12.8 Å². The minimum atomic E-state index is -0.938. The zero-order valence-corrected chi connectivity index (χ0v) is 19.5. The first kappa shape index (κ1) is 22.0. The van der Waals surface area contributed by atoms with Gasteiger partial charge in [0.1, 0.15) is 11.9 Å². The normalized spacial score (nSPS) is 48.3. The molecule has 0 saturated heterocycles. The fourth-order valence-corrected chi connectivity index (χ4v) is 8.37. The van der Waals surface area contributed by atoms with Crippen molar-refractivity contribution < 1.29 is 19.4 Å². The summed E-state index contributed by atoms with van der Waals surface area (Å²) >= 11 is 0. The smallest absolute Gasteiger partial charge is 0.333 e. The van der Waals surface area contributed by atoms with Crippen LogP contribution in [0.25, 0.3) is 0 Å². The van der Waals surface area contributed by atoms with E-state index < -0.39 is 17.1 Å². The van der Waals surface area contributed by atoms with Gasteiger partial charge in [-0.1, -0.05) is 32.8 Å². The second kappa shape index (κ2) is 7.46. The van der Waals surface area contributed by atoms with Crippen molar-refractivity contribution in [2.24, 2.45) is 34.5 Å². The molecule has 4 saturated carbocycles. The molecule has 0 aromatic rings. The molecule has 8 atom stereocenters. The molecule has 0 aromatic heterocycles. The van der Waals surface area contributed by atoms with Gasteiger partial charge in [-0.2, -0.15) is 0 Å². The summed E-state index contributed by atoms with van der Waals surface area (Å²) in [5.74, 6) is 0.823. The van der Waals surface area contributed by atoms with Crippen LogP contribution in [0.1, 0.15) is 92.4 Å². The van der Waals surface area contributed by atoms with E-state index in [1.54, 1.807) is 19.9 Å². The SMILES string of the molecule is C/C=C(\C)C(=O)OC1CC2C(CCC3CCCCC32C)C2(O)CCC(C(C)=O)C12C. The molecular weight excluding hydrogens is 376 g/mol. The van der Waals surface area contributed by atoms with Gasteiger partial charge in [0.05, 0.1) is 5.60 Å². The first-order valence-electron chi connectivity index (χ1n) is 12.2. The average molecular weight is 417 g/mol. The monoisotopic (exact) mass is 416 g/mol. The van der Waals surface area contributed by atoms with Gasteiger partial charge < -0.3 is 9.84 Å². The predicted octanol–water partition coefficient (Wildman–Crippen LogP) is 5.23. The number of fused-ring (bicyclic) bond motifs is 5. The molecule has 0 amide bonds. The number of hydrogen-bond acceptors (Lipinski definition) is 4. The van der Waals surface area contributed by atoms with Crippen LogP contribution in [0.4, 0.5) is 0 Å². The molecule has 4 nitrogen and oxygen atoms in total. The lowest BCUT2D eigenvalue weighted by molar-refractivity contribution is -0.248. The Morgan fingerprint density at radius 3 is 2.40 bits per heavy atom. The van der Waals surface area contributed by atoms with Crippen LogP contribution < -0.4 is 0 Å². The average Bonchev–Trinajstić information content (AvgIpc) is 3.00. The highest BCUT2D eigenvalue weighted by Crippen LogP contribution is 2.69. The quantitative estimate of drug-likeness (QED) is 0.506. The van der Waals surface area contributed by atoms with Gasteiger partial charge in [0.15, 0.2) is 0 Å². The van der Waals surface area contributed by atoms with E-state index in [2.05, 4.69) is 6.92 Å². The summed E-state index contributed by atoms with van der Waals surface area (Å²) in [7, 11) is 0. The van der Waals surface area contributed by atoms with Crippen LogP contribution in [0.2, 0.25) is 0 Å². The van der Waals surface area contributed by atoms with Crippen LogP contribution in [0.3, 0.4) is 0 Å². The molecule has 168 valence electrons. The third kappa shape index (κ3) is 2.88. The van der Waals surface area contributed by atoms with Crippen molar-refractivity contribution in [3.8, 4) is 0 Å². The number of hydrogen-bond donors (Lipinski definition) is 1. The van der Waals surface area contributed by atoms with E-state index in [-0.39, 0.29) is 29.0 Å². The lowest BCUT2D eigenvalue weighted by Crippen LogP contribution is -2.67. The van der Waals surface area contributed by atoms with Crippen molar-refractivity contribution in [2.45, 2.75) is 104 Å². The summed E-state index contributed by atoms with van der Waals surface area (Å²) in [5.41, 5.74) is -0.854. The summed E-state index contributed by atoms with van der Waals surface area (Å²) in [6.45, 7) is 9.74. The van der Waals surface area contributed by atoms with Crippen LogP contribution in [-0.4, -0.2) is 28.6 Å². The van der Waals surface area contributed by atoms with Crippen molar-refractivity contribution in [2.75, 3.05) is 0 Å².